The molecule has 0 aliphatic heterocycles. The number of halogens is 2. The number of methoxy groups -OCH3 is 1. The molecule has 2 rings (SSSR count). The van der Waals surface area contributed by atoms with Crippen LogP contribution >= 0.6 is 23.2 Å². The average molecular weight is 399 g/mol. The van der Waals surface area contributed by atoms with Crippen LogP contribution in [0, 0.1) is 0 Å². The van der Waals surface area contributed by atoms with Gasteiger partial charge in [0.15, 0.2) is 0 Å². The second kappa shape index (κ2) is 10.1. The molecule has 8 heteroatoms. The molecule has 26 heavy (non-hydrogen) atoms. The van der Waals surface area contributed by atoms with Crippen LogP contribution in [0.4, 0.5) is 4.79 Å². The largest absolute Gasteiger partial charge is 0.497 e. The molecule has 0 aromatic heterocycles. The second-order valence-corrected chi connectivity index (χ2v) is 6.26. The van der Waals surface area contributed by atoms with Gasteiger partial charge in [-0.2, -0.15) is 0 Å². The first-order valence-electron chi connectivity index (χ1n) is 7.90. The van der Waals surface area contributed by atoms with Crippen LogP contribution in [0.15, 0.2) is 42.5 Å². The zero-order valence-corrected chi connectivity index (χ0v) is 15.7. The topological polar surface area (TPSA) is 79.8 Å². The Balaban J connectivity index is 1.68. The number of benzene rings is 2. The number of amides is 2. The van der Waals surface area contributed by atoms with Crippen LogP contribution in [0.3, 0.4) is 0 Å². The molecule has 0 spiro atoms. The van der Waals surface area contributed by atoms with E-state index in [9.17, 15) is 9.90 Å². The molecule has 0 fully saturated rings. The van der Waals surface area contributed by atoms with E-state index >= 15 is 0 Å². The highest BCUT2D eigenvalue weighted by molar-refractivity contribution is 6.34. The number of carbonyl (C=O) groups excluding carboxylic acids is 1. The number of ether oxygens (including phenoxy) is 2. The van der Waals surface area contributed by atoms with Crippen LogP contribution in [0.5, 0.6) is 11.5 Å². The number of urea groups is 1. The van der Waals surface area contributed by atoms with Gasteiger partial charge >= 0.3 is 6.03 Å². The zero-order chi connectivity index (χ0) is 18.9. The van der Waals surface area contributed by atoms with Crippen molar-refractivity contribution in [3.8, 4) is 11.5 Å². The predicted octanol–water partition coefficient (Wildman–Crippen LogP) is 3.41. The molecule has 2 amide bonds. The van der Waals surface area contributed by atoms with Crippen LogP contribution in [0.2, 0.25) is 10.0 Å². The van der Waals surface area contributed by atoms with Crippen molar-refractivity contribution < 1.29 is 19.4 Å². The van der Waals surface area contributed by atoms with Gasteiger partial charge in [-0.25, -0.2) is 4.79 Å². The highest BCUT2D eigenvalue weighted by Gasteiger charge is 2.11. The highest BCUT2D eigenvalue weighted by Crippen LogP contribution is 2.23. The first-order chi connectivity index (χ1) is 12.5. The first kappa shape index (κ1) is 20.2. The Morgan fingerprint density at radius 2 is 1.81 bits per heavy atom. The Labute approximate surface area is 162 Å². The molecule has 1 unspecified atom stereocenters. The summed E-state index contributed by atoms with van der Waals surface area (Å²) >= 11 is 11.8. The van der Waals surface area contributed by atoms with Crippen LogP contribution in [0.25, 0.3) is 0 Å². The van der Waals surface area contributed by atoms with Crippen LogP contribution in [-0.2, 0) is 0 Å². The van der Waals surface area contributed by atoms with E-state index in [-0.39, 0.29) is 6.54 Å². The van der Waals surface area contributed by atoms with Crippen LogP contribution in [0.1, 0.15) is 11.7 Å². The second-order valence-electron chi connectivity index (χ2n) is 5.38. The molecule has 0 saturated heterocycles. The number of aliphatic hydroxyl groups is 1. The van der Waals surface area contributed by atoms with E-state index in [4.69, 9.17) is 32.7 Å². The monoisotopic (exact) mass is 398 g/mol. The lowest BCUT2D eigenvalue weighted by Gasteiger charge is -2.14. The third-order valence-electron chi connectivity index (χ3n) is 3.42. The lowest BCUT2D eigenvalue weighted by atomic mass is 10.1. The van der Waals surface area contributed by atoms with Gasteiger partial charge in [-0.15, -0.1) is 0 Å². The van der Waals surface area contributed by atoms with Gasteiger partial charge < -0.3 is 25.2 Å². The van der Waals surface area contributed by atoms with E-state index in [0.29, 0.717) is 40.3 Å². The number of hydrogen-bond donors (Lipinski definition) is 3. The van der Waals surface area contributed by atoms with Gasteiger partial charge in [-0.05, 0) is 35.9 Å². The Bertz CT molecular complexity index is 723. The van der Waals surface area contributed by atoms with Gasteiger partial charge in [0.05, 0.1) is 19.8 Å². The minimum atomic E-state index is -0.912. The van der Waals surface area contributed by atoms with Crippen molar-refractivity contribution in [3.63, 3.8) is 0 Å². The SMILES string of the molecule is COc1cccc(OCCNC(=O)NCC(O)c2cc(Cl)cc(Cl)c2)c1. The van der Waals surface area contributed by atoms with E-state index < -0.39 is 12.1 Å². The molecule has 0 saturated carbocycles. The molecule has 0 bridgehead atoms. The summed E-state index contributed by atoms with van der Waals surface area (Å²) < 4.78 is 10.6. The predicted molar refractivity (Wildman–Crippen MR) is 101 cm³/mol. The van der Waals surface area contributed by atoms with Gasteiger partial charge in [0, 0.05) is 22.7 Å². The maximum Gasteiger partial charge on any atom is 0.315 e. The number of aliphatic hydroxyl groups excluding tert-OH is 1. The van der Waals surface area contributed by atoms with Gasteiger partial charge in [0.2, 0.25) is 0 Å². The minimum absolute atomic E-state index is 0.0270. The number of carbonyl (C=O) groups is 1. The summed E-state index contributed by atoms with van der Waals surface area (Å²) in [6, 6.07) is 11.5. The fourth-order valence-electron chi connectivity index (χ4n) is 2.16. The van der Waals surface area contributed by atoms with Gasteiger partial charge in [0.1, 0.15) is 18.1 Å². The van der Waals surface area contributed by atoms with Gasteiger partial charge in [-0.3, -0.25) is 0 Å². The molecule has 2 aromatic rings. The summed E-state index contributed by atoms with van der Waals surface area (Å²) in [6.07, 6.45) is -0.912. The summed E-state index contributed by atoms with van der Waals surface area (Å²) in [5.74, 6) is 1.35. The third kappa shape index (κ3) is 6.63. The fourth-order valence-corrected chi connectivity index (χ4v) is 2.70. The average Bonchev–Trinajstić information content (AvgIpc) is 2.62. The molecule has 3 N–H and O–H groups in total. The Morgan fingerprint density at radius 1 is 1.12 bits per heavy atom. The Morgan fingerprint density at radius 3 is 2.50 bits per heavy atom. The van der Waals surface area contributed by atoms with Crippen molar-refractivity contribution in [2.24, 2.45) is 0 Å². The molecule has 2 aromatic carbocycles. The fraction of sp³-hybridized carbons (Fsp3) is 0.278. The lowest BCUT2D eigenvalue weighted by Crippen LogP contribution is -2.39. The van der Waals surface area contributed by atoms with Crippen molar-refractivity contribution in [1.82, 2.24) is 10.6 Å². The third-order valence-corrected chi connectivity index (χ3v) is 3.86. The molecule has 1 atom stereocenters. The molecular weight excluding hydrogens is 379 g/mol. The standard InChI is InChI=1S/C18H20Cl2N2O4/c1-25-15-3-2-4-16(10-15)26-6-5-21-18(24)22-11-17(23)12-7-13(19)9-14(20)8-12/h2-4,7-10,17,23H,5-6,11H2,1H3,(H2,21,22,24). The molecule has 0 heterocycles. The van der Waals surface area contributed by atoms with E-state index in [0.717, 1.165) is 0 Å². The summed E-state index contributed by atoms with van der Waals surface area (Å²) in [6.45, 7) is 0.633. The smallest absolute Gasteiger partial charge is 0.315 e. The maximum absolute atomic E-state index is 11.8. The first-order valence-corrected chi connectivity index (χ1v) is 8.66. The highest BCUT2D eigenvalue weighted by atomic mass is 35.5. The van der Waals surface area contributed by atoms with E-state index in [2.05, 4.69) is 10.6 Å². The van der Waals surface area contributed by atoms with E-state index in [1.54, 1.807) is 37.4 Å². The van der Waals surface area contributed by atoms with E-state index in [1.165, 1.54) is 0 Å². The number of nitrogens with one attached hydrogen (secondary N) is 2. The van der Waals surface area contributed by atoms with Gasteiger partial charge in [-0.1, -0.05) is 29.3 Å². The van der Waals surface area contributed by atoms with Crippen molar-refractivity contribution >= 4 is 29.2 Å². The molecule has 6 nitrogen and oxygen atoms in total. The molecular formula is C18H20Cl2N2O4. The molecule has 0 radical (unpaired) electrons. The Kier molecular flexibility index (Phi) is 7.84. The molecule has 0 aliphatic rings. The van der Waals surface area contributed by atoms with Crippen LogP contribution in [-0.4, -0.2) is 37.9 Å². The maximum atomic E-state index is 11.8. The number of rotatable bonds is 8. The molecule has 140 valence electrons. The zero-order valence-electron chi connectivity index (χ0n) is 14.2. The Hall–Kier alpha value is -2.15. The number of hydrogen-bond acceptors (Lipinski definition) is 4. The normalized spacial score (nSPS) is 11.5. The van der Waals surface area contributed by atoms with Crippen molar-refractivity contribution in [1.29, 1.82) is 0 Å². The minimum Gasteiger partial charge on any atom is -0.497 e. The molecule has 0 aliphatic carbocycles. The van der Waals surface area contributed by atoms with Crippen molar-refractivity contribution in [2.45, 2.75) is 6.10 Å². The summed E-state index contributed by atoms with van der Waals surface area (Å²) in [5.41, 5.74) is 0.532. The lowest BCUT2D eigenvalue weighted by molar-refractivity contribution is 0.173. The van der Waals surface area contributed by atoms with E-state index in [1.807, 2.05) is 12.1 Å². The quantitative estimate of drug-likeness (QED) is 0.595. The summed E-state index contributed by atoms with van der Waals surface area (Å²) in [5, 5.41) is 16.2. The van der Waals surface area contributed by atoms with Gasteiger partial charge in [0.25, 0.3) is 0 Å². The van der Waals surface area contributed by atoms with Crippen molar-refractivity contribution in [2.75, 3.05) is 26.8 Å². The summed E-state index contributed by atoms with van der Waals surface area (Å²) in [7, 11) is 1.58. The van der Waals surface area contributed by atoms with Crippen molar-refractivity contribution in [3.05, 3.63) is 58.1 Å². The summed E-state index contributed by atoms with van der Waals surface area (Å²) in [4.78, 5) is 11.8. The van der Waals surface area contributed by atoms with Crippen LogP contribution < -0.4 is 20.1 Å².